The number of nitrogens with zero attached hydrogens (tertiary/aromatic N) is 2. The van der Waals surface area contributed by atoms with Crippen molar-refractivity contribution < 1.29 is 27.6 Å². The number of para-hydroxylation sites is 1. The third-order valence-corrected chi connectivity index (χ3v) is 6.40. The first-order valence-electron chi connectivity index (χ1n) is 9.43. The van der Waals surface area contributed by atoms with Crippen molar-refractivity contribution in [2.45, 2.75) is 31.2 Å². The number of hydrogen-bond acceptors (Lipinski definition) is 7. The van der Waals surface area contributed by atoms with E-state index in [1.54, 1.807) is 6.92 Å². The maximum absolute atomic E-state index is 13.5. The van der Waals surface area contributed by atoms with Crippen LogP contribution in [0.3, 0.4) is 0 Å². The number of rotatable bonds is 10. The van der Waals surface area contributed by atoms with Crippen molar-refractivity contribution in [1.29, 1.82) is 0 Å². The molecule has 0 fully saturated rings. The Balaban J connectivity index is 2.65. The van der Waals surface area contributed by atoms with E-state index in [0.717, 1.165) is 16.4 Å². The van der Waals surface area contributed by atoms with E-state index in [9.17, 15) is 23.3 Å². The Morgan fingerprint density at radius 3 is 2.45 bits per heavy atom. The van der Waals surface area contributed by atoms with Gasteiger partial charge in [0.25, 0.3) is 15.7 Å². The van der Waals surface area contributed by atoms with Gasteiger partial charge in [-0.25, -0.2) is 8.42 Å². The van der Waals surface area contributed by atoms with E-state index in [1.807, 2.05) is 6.92 Å². The van der Waals surface area contributed by atoms with E-state index in [1.165, 1.54) is 44.6 Å². The van der Waals surface area contributed by atoms with Gasteiger partial charge in [-0.15, -0.1) is 0 Å². The number of methoxy groups -OCH3 is 2. The zero-order valence-corrected chi connectivity index (χ0v) is 18.5. The lowest BCUT2D eigenvalue weighted by Crippen LogP contribution is -2.43. The summed E-state index contributed by atoms with van der Waals surface area (Å²) in [6.07, 6.45) is 0.647. The van der Waals surface area contributed by atoms with Crippen LogP contribution in [0.15, 0.2) is 47.4 Å². The fourth-order valence-electron chi connectivity index (χ4n) is 2.79. The second-order valence-corrected chi connectivity index (χ2v) is 8.48. The van der Waals surface area contributed by atoms with Crippen molar-refractivity contribution in [1.82, 2.24) is 5.32 Å². The lowest BCUT2D eigenvalue weighted by atomic mass is 10.2. The van der Waals surface area contributed by atoms with Gasteiger partial charge in [0, 0.05) is 18.2 Å². The molecule has 31 heavy (non-hydrogen) atoms. The highest BCUT2D eigenvalue weighted by atomic mass is 32.2. The lowest BCUT2D eigenvalue weighted by Gasteiger charge is -2.26. The minimum absolute atomic E-state index is 0.0424. The van der Waals surface area contributed by atoms with E-state index in [2.05, 4.69) is 5.32 Å². The van der Waals surface area contributed by atoms with Crippen LogP contribution in [0, 0.1) is 10.1 Å². The Morgan fingerprint density at radius 1 is 1.19 bits per heavy atom. The Morgan fingerprint density at radius 2 is 1.87 bits per heavy atom. The van der Waals surface area contributed by atoms with Crippen LogP contribution in [0.25, 0.3) is 0 Å². The zero-order chi connectivity index (χ0) is 23.2. The average molecular weight is 452 g/mol. The number of anilines is 1. The highest BCUT2D eigenvalue weighted by Crippen LogP contribution is 2.37. The molecule has 2 rings (SSSR count). The minimum atomic E-state index is -4.51. The molecule has 2 aromatic rings. The third kappa shape index (κ3) is 5.43. The summed E-state index contributed by atoms with van der Waals surface area (Å²) >= 11 is 0. The SMILES string of the molecule is CC[C@@H](C)NC(=O)CN(c1ccc(OC)cc1OC)S(=O)(=O)c1ccccc1[N+](=O)[O-]. The molecule has 1 atom stereocenters. The van der Waals surface area contributed by atoms with Gasteiger partial charge in [-0.05, 0) is 31.5 Å². The topological polar surface area (TPSA) is 128 Å². The van der Waals surface area contributed by atoms with E-state index < -0.39 is 38.0 Å². The molecule has 0 unspecified atom stereocenters. The number of nitrogens with one attached hydrogen (secondary N) is 1. The fourth-order valence-corrected chi connectivity index (χ4v) is 4.38. The van der Waals surface area contributed by atoms with Gasteiger partial charge in [0.15, 0.2) is 4.90 Å². The Hall–Kier alpha value is -3.34. The molecule has 168 valence electrons. The summed E-state index contributed by atoms with van der Waals surface area (Å²) in [4.78, 5) is 22.7. The molecule has 0 aromatic heterocycles. The summed E-state index contributed by atoms with van der Waals surface area (Å²) in [6.45, 7) is 3.06. The molecule has 0 aliphatic rings. The summed E-state index contributed by atoms with van der Waals surface area (Å²) in [5.74, 6) is -0.0278. The van der Waals surface area contributed by atoms with E-state index in [4.69, 9.17) is 9.47 Å². The van der Waals surface area contributed by atoms with Crippen LogP contribution in [0.1, 0.15) is 20.3 Å². The molecule has 1 N–H and O–H groups in total. The average Bonchev–Trinajstić information content (AvgIpc) is 2.76. The lowest BCUT2D eigenvalue weighted by molar-refractivity contribution is -0.387. The normalized spacial score (nSPS) is 12.0. The molecule has 0 aliphatic carbocycles. The molecule has 10 nitrogen and oxygen atoms in total. The molecule has 0 saturated heterocycles. The van der Waals surface area contributed by atoms with Crippen LogP contribution in [-0.2, 0) is 14.8 Å². The molecule has 0 spiro atoms. The summed E-state index contributed by atoms with van der Waals surface area (Å²) in [5, 5.41) is 14.1. The standard InChI is InChI=1S/C20H25N3O7S/c1-5-14(2)21-20(24)13-22(16-11-10-15(29-3)12-18(16)30-4)31(27,28)19-9-7-6-8-17(19)23(25)26/h6-12,14H,5,13H2,1-4H3,(H,21,24)/t14-/m1/s1. The number of benzene rings is 2. The zero-order valence-electron chi connectivity index (χ0n) is 17.7. The monoisotopic (exact) mass is 451 g/mol. The fraction of sp³-hybridized carbons (Fsp3) is 0.350. The van der Waals surface area contributed by atoms with Crippen LogP contribution in [0.2, 0.25) is 0 Å². The van der Waals surface area contributed by atoms with Gasteiger partial charge in [0.05, 0.1) is 24.8 Å². The van der Waals surface area contributed by atoms with Crippen molar-refractivity contribution in [2.75, 3.05) is 25.1 Å². The van der Waals surface area contributed by atoms with Crippen LogP contribution >= 0.6 is 0 Å². The van der Waals surface area contributed by atoms with Gasteiger partial charge in [-0.1, -0.05) is 19.1 Å². The summed E-state index contributed by atoms with van der Waals surface area (Å²) in [6, 6.07) is 9.17. The number of nitro benzene ring substituents is 1. The highest BCUT2D eigenvalue weighted by Gasteiger charge is 2.34. The molecule has 11 heteroatoms. The van der Waals surface area contributed by atoms with Gasteiger partial charge in [-0.3, -0.25) is 19.2 Å². The number of nitro groups is 1. The van der Waals surface area contributed by atoms with E-state index >= 15 is 0 Å². The van der Waals surface area contributed by atoms with Crippen LogP contribution < -0.4 is 19.1 Å². The number of hydrogen-bond donors (Lipinski definition) is 1. The molecule has 1 amide bonds. The number of carbonyl (C=O) groups is 1. The molecule has 0 bridgehead atoms. The first kappa shape index (κ1) is 23.9. The first-order chi connectivity index (χ1) is 14.6. The molecular formula is C20H25N3O7S. The highest BCUT2D eigenvalue weighted by molar-refractivity contribution is 7.93. The number of amides is 1. The Bertz CT molecular complexity index is 1060. The second kappa shape index (κ2) is 10.1. The maximum atomic E-state index is 13.5. The van der Waals surface area contributed by atoms with Gasteiger partial charge in [0.1, 0.15) is 18.0 Å². The minimum Gasteiger partial charge on any atom is -0.497 e. The third-order valence-electron chi connectivity index (χ3n) is 4.59. The number of sulfonamides is 1. The maximum Gasteiger partial charge on any atom is 0.289 e. The van der Waals surface area contributed by atoms with Gasteiger partial charge in [-0.2, -0.15) is 0 Å². The van der Waals surface area contributed by atoms with Crippen molar-refractivity contribution in [3.05, 3.63) is 52.6 Å². The van der Waals surface area contributed by atoms with E-state index in [-0.39, 0.29) is 17.5 Å². The summed E-state index contributed by atoms with van der Waals surface area (Å²) in [7, 11) is -1.73. The second-order valence-electron chi connectivity index (χ2n) is 6.65. The van der Waals surface area contributed by atoms with Gasteiger partial charge in [0.2, 0.25) is 5.91 Å². The predicted octanol–water partition coefficient (Wildman–Crippen LogP) is 2.72. The number of carbonyl (C=O) groups excluding carboxylic acids is 1. The van der Waals surface area contributed by atoms with Crippen LogP contribution in [0.5, 0.6) is 11.5 Å². The molecular weight excluding hydrogens is 426 g/mol. The quantitative estimate of drug-likeness (QED) is 0.434. The van der Waals surface area contributed by atoms with Crippen molar-refractivity contribution in [2.24, 2.45) is 0 Å². The molecule has 0 aliphatic heterocycles. The van der Waals surface area contributed by atoms with Crippen molar-refractivity contribution in [3.8, 4) is 11.5 Å². The molecule has 2 aromatic carbocycles. The summed E-state index contributed by atoms with van der Waals surface area (Å²) in [5.41, 5.74) is -0.553. The smallest absolute Gasteiger partial charge is 0.289 e. The van der Waals surface area contributed by atoms with Gasteiger partial charge >= 0.3 is 0 Å². The summed E-state index contributed by atoms with van der Waals surface area (Å²) < 4.78 is 38.3. The van der Waals surface area contributed by atoms with Crippen molar-refractivity contribution in [3.63, 3.8) is 0 Å². The largest absolute Gasteiger partial charge is 0.497 e. The molecule has 0 heterocycles. The first-order valence-corrected chi connectivity index (χ1v) is 10.9. The molecule has 0 saturated carbocycles. The van der Waals surface area contributed by atoms with E-state index in [0.29, 0.717) is 12.2 Å². The van der Waals surface area contributed by atoms with Gasteiger partial charge < -0.3 is 14.8 Å². The number of ether oxygens (including phenoxy) is 2. The van der Waals surface area contributed by atoms with Crippen LogP contribution in [0.4, 0.5) is 11.4 Å². The Labute approximate surface area is 181 Å². The Kier molecular flexibility index (Phi) is 7.81. The van der Waals surface area contributed by atoms with Crippen LogP contribution in [-0.4, -0.2) is 46.1 Å². The van der Waals surface area contributed by atoms with Crippen molar-refractivity contribution >= 4 is 27.3 Å². The molecule has 0 radical (unpaired) electrons. The predicted molar refractivity (Wildman–Crippen MR) is 115 cm³/mol.